The molecule has 7 nitrogen and oxygen atoms in total. The minimum Gasteiger partial charge on any atom is -0.490 e. The molecule has 3 atom stereocenters. The third-order valence-electron chi connectivity index (χ3n) is 6.88. The molecule has 1 amide bonds. The summed E-state index contributed by atoms with van der Waals surface area (Å²) in [5.74, 6) is -2.99. The lowest BCUT2D eigenvalue weighted by atomic mass is 9.75. The summed E-state index contributed by atoms with van der Waals surface area (Å²) in [6.45, 7) is -0.258. The lowest BCUT2D eigenvalue weighted by Crippen LogP contribution is -2.57. The molecule has 2 fully saturated rings. The van der Waals surface area contributed by atoms with Crippen LogP contribution in [0.1, 0.15) is 31.2 Å². The minimum absolute atomic E-state index is 0.0162. The molecule has 0 aromatic heterocycles. The van der Waals surface area contributed by atoms with Gasteiger partial charge in [0.2, 0.25) is 0 Å². The molecule has 0 spiro atoms. The molecule has 2 aromatic carbocycles. The van der Waals surface area contributed by atoms with Gasteiger partial charge in [0.25, 0.3) is 0 Å². The highest BCUT2D eigenvalue weighted by Gasteiger charge is 2.61. The first-order chi connectivity index (χ1) is 16.7. The first-order valence-electron chi connectivity index (χ1n) is 11.4. The third kappa shape index (κ3) is 4.25. The van der Waals surface area contributed by atoms with Crippen molar-refractivity contribution in [2.75, 3.05) is 19.8 Å². The summed E-state index contributed by atoms with van der Waals surface area (Å²) in [5.41, 5.74) is -0.329. The number of benzene rings is 2. The number of amides is 1. The summed E-state index contributed by atoms with van der Waals surface area (Å²) in [6.07, 6.45) is 0.589. The Balaban J connectivity index is 1.54. The highest BCUT2D eigenvalue weighted by atomic mass is 35.5. The van der Waals surface area contributed by atoms with E-state index in [4.69, 9.17) is 25.8 Å². The van der Waals surface area contributed by atoms with Crippen LogP contribution in [-0.4, -0.2) is 46.5 Å². The van der Waals surface area contributed by atoms with Crippen LogP contribution in [0.5, 0.6) is 5.75 Å². The number of ether oxygens (including phenoxy) is 3. The highest BCUT2D eigenvalue weighted by molar-refractivity contribution is 7.92. The molecule has 1 aliphatic carbocycles. The van der Waals surface area contributed by atoms with E-state index in [0.717, 1.165) is 25.0 Å². The average Bonchev–Trinajstić information content (AvgIpc) is 3.65. The Kier molecular flexibility index (Phi) is 6.39. The lowest BCUT2D eigenvalue weighted by molar-refractivity contribution is -0.0810. The van der Waals surface area contributed by atoms with E-state index in [1.54, 1.807) is 0 Å². The van der Waals surface area contributed by atoms with E-state index in [-0.39, 0.29) is 49.2 Å². The first kappa shape index (κ1) is 24.3. The maximum atomic E-state index is 15.3. The molecule has 2 heterocycles. The number of sulfone groups is 1. The second kappa shape index (κ2) is 9.22. The zero-order chi connectivity index (χ0) is 24.8. The molecule has 0 radical (unpaired) electrons. The standard InChI is InChI=1S/C24H24ClF2NO6S/c25-14-1-5-16(6-2-14)35(30,31)24-10-12-32-20(9-11-33-23(29)28-15-3-4-15)17(24)13-34-22-19(27)8-7-18(26)21(22)24/h1-2,5-8,15,17,20H,3-4,9-13H2,(H,28,29)/t17-,20-,24-/m1/s1. The first-order valence-corrected chi connectivity index (χ1v) is 13.3. The Morgan fingerprint density at radius 1 is 1.14 bits per heavy atom. The Bertz CT molecular complexity index is 1240. The number of hydrogen-bond acceptors (Lipinski definition) is 6. The van der Waals surface area contributed by atoms with Gasteiger partial charge in [0.05, 0.1) is 29.8 Å². The number of hydrogen-bond donors (Lipinski definition) is 1. The summed E-state index contributed by atoms with van der Waals surface area (Å²) in [7, 11) is -4.28. The fourth-order valence-electron chi connectivity index (χ4n) is 5.04. The molecule has 188 valence electrons. The zero-order valence-electron chi connectivity index (χ0n) is 18.6. The maximum Gasteiger partial charge on any atom is 0.407 e. The predicted octanol–water partition coefficient (Wildman–Crippen LogP) is 4.36. The van der Waals surface area contributed by atoms with Crippen molar-refractivity contribution in [1.29, 1.82) is 0 Å². The maximum absolute atomic E-state index is 15.3. The zero-order valence-corrected chi connectivity index (χ0v) is 20.2. The predicted molar refractivity (Wildman–Crippen MR) is 122 cm³/mol. The van der Waals surface area contributed by atoms with Gasteiger partial charge in [0.1, 0.15) is 10.6 Å². The Morgan fingerprint density at radius 2 is 1.86 bits per heavy atom. The molecule has 2 aliphatic heterocycles. The lowest BCUT2D eigenvalue weighted by Gasteiger charge is -2.50. The number of carbonyl (C=O) groups is 1. The van der Waals surface area contributed by atoms with E-state index < -0.39 is 50.1 Å². The van der Waals surface area contributed by atoms with E-state index in [9.17, 15) is 17.6 Å². The molecular weight excluding hydrogens is 504 g/mol. The van der Waals surface area contributed by atoms with Gasteiger partial charge in [-0.15, -0.1) is 0 Å². The highest BCUT2D eigenvalue weighted by Crippen LogP contribution is 2.55. The van der Waals surface area contributed by atoms with E-state index in [1.165, 1.54) is 24.3 Å². The van der Waals surface area contributed by atoms with Crippen molar-refractivity contribution in [2.45, 2.75) is 47.5 Å². The van der Waals surface area contributed by atoms with Crippen LogP contribution in [0.3, 0.4) is 0 Å². The number of fused-ring (bicyclic) bond motifs is 3. The summed E-state index contributed by atoms with van der Waals surface area (Å²) < 4.78 is 73.3. The van der Waals surface area contributed by atoms with Gasteiger partial charge in [-0.1, -0.05) is 11.6 Å². The number of carbonyl (C=O) groups excluding carboxylic acids is 1. The average molecular weight is 528 g/mol. The quantitative estimate of drug-likeness (QED) is 0.600. The number of halogens is 3. The fraction of sp³-hybridized carbons (Fsp3) is 0.458. The van der Waals surface area contributed by atoms with Gasteiger partial charge in [0, 0.05) is 30.0 Å². The molecule has 1 N–H and O–H groups in total. The number of alkyl carbamates (subject to hydrolysis) is 1. The van der Waals surface area contributed by atoms with E-state index in [2.05, 4.69) is 5.32 Å². The van der Waals surface area contributed by atoms with Gasteiger partial charge in [-0.25, -0.2) is 22.0 Å². The normalized spacial score (nSPS) is 25.7. The number of nitrogens with one attached hydrogen (secondary N) is 1. The molecule has 0 unspecified atom stereocenters. The van der Waals surface area contributed by atoms with Crippen LogP contribution in [0.2, 0.25) is 5.02 Å². The van der Waals surface area contributed by atoms with Gasteiger partial charge < -0.3 is 19.5 Å². The van der Waals surface area contributed by atoms with Gasteiger partial charge in [0.15, 0.2) is 21.4 Å². The van der Waals surface area contributed by atoms with Gasteiger partial charge >= 0.3 is 6.09 Å². The Labute approximate surface area is 206 Å². The second-order valence-electron chi connectivity index (χ2n) is 9.00. The largest absolute Gasteiger partial charge is 0.490 e. The molecule has 1 saturated carbocycles. The summed E-state index contributed by atoms with van der Waals surface area (Å²) in [6, 6.07) is 7.54. The van der Waals surface area contributed by atoms with Crippen molar-refractivity contribution in [3.8, 4) is 5.75 Å². The van der Waals surface area contributed by atoms with Crippen molar-refractivity contribution < 1.29 is 36.2 Å². The van der Waals surface area contributed by atoms with Crippen LogP contribution in [0.25, 0.3) is 0 Å². The summed E-state index contributed by atoms with van der Waals surface area (Å²) in [4.78, 5) is 11.8. The van der Waals surface area contributed by atoms with Crippen LogP contribution in [0, 0.1) is 17.6 Å². The molecular formula is C24H24ClF2NO6S. The molecule has 3 aliphatic rings. The van der Waals surface area contributed by atoms with Crippen LogP contribution >= 0.6 is 11.6 Å². The second-order valence-corrected chi connectivity index (χ2v) is 11.6. The summed E-state index contributed by atoms with van der Waals surface area (Å²) >= 11 is 5.96. The van der Waals surface area contributed by atoms with Crippen molar-refractivity contribution in [3.05, 3.63) is 58.6 Å². The molecule has 2 aromatic rings. The van der Waals surface area contributed by atoms with Gasteiger partial charge in [-0.2, -0.15) is 0 Å². The van der Waals surface area contributed by atoms with Gasteiger partial charge in [-0.05, 0) is 55.7 Å². The van der Waals surface area contributed by atoms with Crippen LogP contribution in [0.15, 0.2) is 41.3 Å². The van der Waals surface area contributed by atoms with E-state index >= 15 is 4.39 Å². The third-order valence-corrected chi connectivity index (χ3v) is 9.70. The fourth-order valence-corrected chi connectivity index (χ4v) is 7.51. The Morgan fingerprint density at radius 3 is 2.57 bits per heavy atom. The summed E-state index contributed by atoms with van der Waals surface area (Å²) in [5, 5.41) is 3.05. The van der Waals surface area contributed by atoms with Crippen molar-refractivity contribution >= 4 is 27.5 Å². The van der Waals surface area contributed by atoms with Gasteiger partial charge in [-0.3, -0.25) is 0 Å². The molecule has 5 rings (SSSR count). The van der Waals surface area contributed by atoms with Crippen LogP contribution < -0.4 is 10.1 Å². The smallest absolute Gasteiger partial charge is 0.407 e. The van der Waals surface area contributed by atoms with Crippen LogP contribution in [0.4, 0.5) is 13.6 Å². The van der Waals surface area contributed by atoms with Crippen molar-refractivity contribution in [2.24, 2.45) is 5.92 Å². The minimum atomic E-state index is -4.28. The van der Waals surface area contributed by atoms with Crippen LogP contribution in [-0.2, 0) is 24.1 Å². The monoisotopic (exact) mass is 527 g/mol. The molecule has 11 heteroatoms. The number of rotatable bonds is 6. The van der Waals surface area contributed by atoms with E-state index in [1.807, 2.05) is 0 Å². The van der Waals surface area contributed by atoms with E-state index in [0.29, 0.717) is 5.02 Å². The topological polar surface area (TPSA) is 90.9 Å². The Hall–Kier alpha value is -2.43. The van der Waals surface area contributed by atoms with Crippen molar-refractivity contribution in [1.82, 2.24) is 5.32 Å². The van der Waals surface area contributed by atoms with Crippen molar-refractivity contribution in [3.63, 3.8) is 0 Å². The molecule has 0 bridgehead atoms. The SMILES string of the molecule is O=C(NC1CC1)OCC[C@H]1OCC[C@]2(S(=O)(=O)c3ccc(Cl)cc3)c3c(F)ccc(F)c3OC[C@H]12. The molecule has 1 saturated heterocycles. The molecule has 35 heavy (non-hydrogen) atoms.